The van der Waals surface area contributed by atoms with Crippen LogP contribution < -0.4 is 14.5 Å². The normalized spacial score (nSPS) is 13.3. The molecule has 4 heterocycles. The highest BCUT2D eigenvalue weighted by atomic mass is 16.5. The van der Waals surface area contributed by atoms with Crippen molar-refractivity contribution in [3.8, 4) is 56.4 Å². The van der Waals surface area contributed by atoms with E-state index in [0.29, 0.717) is 6.67 Å². The fourth-order valence-electron chi connectivity index (χ4n) is 14.7. The summed E-state index contributed by atoms with van der Waals surface area (Å²) in [6.45, 7) is 7.27. The van der Waals surface area contributed by atoms with Crippen LogP contribution in [-0.2, 0) is 10.8 Å². The summed E-state index contributed by atoms with van der Waals surface area (Å²) in [5.74, 6) is 2.33. The van der Waals surface area contributed by atoms with Crippen LogP contribution in [0.5, 0.6) is 11.5 Å². The first-order valence-electron chi connectivity index (χ1n) is 30.8. The number of anilines is 4. The summed E-state index contributed by atoms with van der Waals surface area (Å²) in [5, 5.41) is 4.75. The molecule has 0 spiro atoms. The lowest BCUT2D eigenvalue weighted by molar-refractivity contribution is 0.482. The van der Waals surface area contributed by atoms with E-state index in [-0.39, 0.29) is 5.41 Å². The molecule has 6 nitrogen and oxygen atoms in total. The standard InChI is InChI=1S/C83H61N5O/c1-82(2,3)58-45-46-84-80(49-58)88-76-40-22-17-35-68(76)69-44-43-62(53-79(69)88)89-63-48-59(83(57-29-11-6-12-30-57)72-36-18-13-31-64(72)65-32-14-19-37-73(65)83)47-60(50-63)85-54-86(78-42-24-23-41-77(78)85)81-70(55-25-7-4-8-26-55)51-61(52-71(81)56-27-9-5-10-28-56)87-74-38-20-15-33-66(74)67-34-16-21-39-75(67)87/h4-53H,54H2,1-3H3. The second-order valence-electron chi connectivity index (χ2n) is 24.7. The first kappa shape index (κ1) is 52.1. The maximum absolute atomic E-state index is 7.50. The summed E-state index contributed by atoms with van der Waals surface area (Å²) < 4.78 is 12.2. The third-order valence-corrected chi connectivity index (χ3v) is 18.6. The molecule has 0 radical (unpaired) electrons. The Morgan fingerprint density at radius 2 is 0.876 bits per heavy atom. The van der Waals surface area contributed by atoms with Gasteiger partial charge in [0, 0.05) is 62.4 Å². The molecule has 1 aliphatic carbocycles. The molecule has 6 heteroatoms. The SMILES string of the molecule is CC(C)(C)c1ccnc(-n2c3ccccc3c3ccc(Oc4cc(N5CN(c6c(-c7ccccc7)cc(-n7c8ccccc8c8ccccc87)cc6-c6ccccc6)c6ccccc65)cc(C5(c6ccccc6)c6ccccc6-c6ccccc65)c4)cc32)c1. The van der Waals surface area contributed by atoms with Crippen molar-refractivity contribution in [2.45, 2.75) is 31.6 Å². The second kappa shape index (κ2) is 20.5. The predicted octanol–water partition coefficient (Wildman–Crippen LogP) is 21.3. The van der Waals surface area contributed by atoms with Crippen LogP contribution in [0.1, 0.15) is 48.6 Å². The summed E-state index contributed by atoms with van der Waals surface area (Å²) in [6, 6.07) is 109. The van der Waals surface area contributed by atoms with Crippen LogP contribution >= 0.6 is 0 Å². The van der Waals surface area contributed by atoms with Crippen molar-refractivity contribution in [3.05, 3.63) is 331 Å². The average Bonchev–Trinajstić information content (AvgIpc) is 1.64. The van der Waals surface area contributed by atoms with Crippen molar-refractivity contribution in [1.82, 2.24) is 14.1 Å². The van der Waals surface area contributed by atoms with E-state index in [2.05, 4.69) is 337 Å². The molecule has 3 aromatic heterocycles. The number of nitrogens with zero attached hydrogens (tertiary/aromatic N) is 5. The van der Waals surface area contributed by atoms with Gasteiger partial charge in [-0.05, 0) is 134 Å². The van der Waals surface area contributed by atoms with E-state index in [4.69, 9.17) is 9.72 Å². The van der Waals surface area contributed by atoms with E-state index in [1.807, 2.05) is 6.20 Å². The Balaban J connectivity index is 0.892. The molecule has 0 N–H and O–H groups in total. The van der Waals surface area contributed by atoms with Crippen molar-refractivity contribution in [2.24, 2.45) is 0 Å². The Morgan fingerprint density at radius 3 is 1.47 bits per heavy atom. The quantitative estimate of drug-likeness (QED) is 0.137. The van der Waals surface area contributed by atoms with Gasteiger partial charge in [-0.15, -0.1) is 0 Å². The summed E-state index contributed by atoms with van der Waals surface area (Å²) in [5.41, 5.74) is 22.1. The Kier molecular flexibility index (Phi) is 12.0. The lowest BCUT2D eigenvalue weighted by Crippen LogP contribution is -2.29. The van der Waals surface area contributed by atoms with E-state index in [9.17, 15) is 0 Å². The number of pyridine rings is 1. The monoisotopic (exact) mass is 1140 g/mol. The first-order valence-corrected chi connectivity index (χ1v) is 30.8. The van der Waals surface area contributed by atoms with Gasteiger partial charge in [-0.3, -0.25) is 4.57 Å². The zero-order valence-corrected chi connectivity index (χ0v) is 49.7. The van der Waals surface area contributed by atoms with Gasteiger partial charge in [0.1, 0.15) is 24.0 Å². The van der Waals surface area contributed by atoms with E-state index in [0.717, 1.165) is 95.4 Å². The predicted molar refractivity (Wildman–Crippen MR) is 368 cm³/mol. The lowest BCUT2D eigenvalue weighted by Gasteiger charge is -2.35. The van der Waals surface area contributed by atoms with E-state index in [1.54, 1.807) is 0 Å². The van der Waals surface area contributed by atoms with Crippen molar-refractivity contribution in [3.63, 3.8) is 0 Å². The maximum Gasteiger partial charge on any atom is 0.137 e. The smallest absolute Gasteiger partial charge is 0.137 e. The van der Waals surface area contributed by atoms with Gasteiger partial charge in [-0.2, -0.15) is 0 Å². The minimum absolute atomic E-state index is 0.0643. The molecule has 0 saturated heterocycles. The summed E-state index contributed by atoms with van der Waals surface area (Å²) in [4.78, 5) is 10.1. The number of hydrogen-bond acceptors (Lipinski definition) is 4. The van der Waals surface area contributed by atoms with Gasteiger partial charge in [0.05, 0.1) is 44.5 Å². The Hall–Kier alpha value is -11.2. The van der Waals surface area contributed by atoms with Crippen molar-refractivity contribution in [1.29, 1.82) is 0 Å². The van der Waals surface area contributed by atoms with Gasteiger partial charge in [0.2, 0.25) is 0 Å². The molecule has 0 atom stereocenters. The zero-order chi connectivity index (χ0) is 59.4. The molecule has 1 aliphatic heterocycles. The molecule has 0 fully saturated rings. The minimum Gasteiger partial charge on any atom is -0.457 e. The average molecular weight is 1140 g/mol. The van der Waals surface area contributed by atoms with Crippen molar-refractivity contribution >= 4 is 66.4 Å². The van der Waals surface area contributed by atoms with E-state index < -0.39 is 5.41 Å². The first-order chi connectivity index (χ1) is 43.8. The van der Waals surface area contributed by atoms with Crippen LogP contribution in [0.4, 0.5) is 22.7 Å². The topological polar surface area (TPSA) is 38.5 Å². The van der Waals surface area contributed by atoms with Crippen LogP contribution in [0.2, 0.25) is 0 Å². The van der Waals surface area contributed by atoms with Crippen LogP contribution in [-0.4, -0.2) is 20.8 Å². The number of rotatable bonds is 10. The van der Waals surface area contributed by atoms with E-state index >= 15 is 0 Å². The highest BCUT2D eigenvalue weighted by molar-refractivity contribution is 6.11. The number of aromatic nitrogens is 3. The molecule has 2 aliphatic rings. The van der Waals surface area contributed by atoms with Crippen molar-refractivity contribution < 1.29 is 4.74 Å². The fraction of sp³-hybridized carbons (Fsp3) is 0.0723. The molecule has 0 amide bonds. The highest BCUT2D eigenvalue weighted by Gasteiger charge is 2.47. The molecule has 89 heavy (non-hydrogen) atoms. The third-order valence-electron chi connectivity index (χ3n) is 18.6. The second-order valence-corrected chi connectivity index (χ2v) is 24.7. The van der Waals surface area contributed by atoms with Crippen LogP contribution in [0.15, 0.2) is 303 Å². The van der Waals surface area contributed by atoms with Gasteiger partial charge >= 0.3 is 0 Å². The summed E-state index contributed by atoms with van der Waals surface area (Å²) in [6.07, 6.45) is 1.94. The molecule has 0 saturated carbocycles. The van der Waals surface area contributed by atoms with Gasteiger partial charge in [-0.1, -0.05) is 227 Å². The van der Waals surface area contributed by atoms with Gasteiger partial charge in [-0.25, -0.2) is 4.98 Å². The van der Waals surface area contributed by atoms with Gasteiger partial charge < -0.3 is 19.1 Å². The van der Waals surface area contributed by atoms with Crippen LogP contribution in [0.3, 0.4) is 0 Å². The Morgan fingerprint density at radius 1 is 0.371 bits per heavy atom. The van der Waals surface area contributed by atoms with E-state index in [1.165, 1.54) is 55.2 Å². The molecule has 424 valence electrons. The highest BCUT2D eigenvalue weighted by Crippen LogP contribution is 2.58. The van der Waals surface area contributed by atoms with Gasteiger partial charge in [0.15, 0.2) is 0 Å². The number of ether oxygens (including phenoxy) is 1. The molecule has 15 aromatic rings. The van der Waals surface area contributed by atoms with Crippen LogP contribution in [0.25, 0.3) is 88.5 Å². The number of benzene rings is 12. The molecular weight excluding hydrogens is 1080 g/mol. The number of para-hydroxylation sites is 5. The summed E-state index contributed by atoms with van der Waals surface area (Å²) >= 11 is 0. The third kappa shape index (κ3) is 8.28. The zero-order valence-electron chi connectivity index (χ0n) is 49.7. The molecule has 12 aromatic carbocycles. The Labute approximate surface area is 518 Å². The minimum atomic E-state index is -0.717. The molecular formula is C83H61N5O. The number of fused-ring (bicyclic) bond motifs is 10. The lowest BCUT2D eigenvalue weighted by atomic mass is 9.67. The molecule has 0 unspecified atom stereocenters. The molecule has 17 rings (SSSR count). The maximum atomic E-state index is 7.50. The fourth-order valence-corrected chi connectivity index (χ4v) is 14.7. The molecule has 0 bridgehead atoms. The van der Waals surface area contributed by atoms with Crippen molar-refractivity contribution in [2.75, 3.05) is 16.5 Å². The summed E-state index contributed by atoms with van der Waals surface area (Å²) in [7, 11) is 0. The van der Waals surface area contributed by atoms with Gasteiger partial charge in [0.25, 0.3) is 0 Å². The number of hydrogen-bond donors (Lipinski definition) is 0. The van der Waals surface area contributed by atoms with Crippen LogP contribution in [0, 0.1) is 0 Å². The largest absolute Gasteiger partial charge is 0.457 e. The Bertz CT molecular complexity index is 5110.